The van der Waals surface area contributed by atoms with Crippen LogP contribution >= 0.6 is 11.8 Å². The number of hydrogen-bond acceptors (Lipinski definition) is 3. The molecule has 0 atom stereocenters. The first-order chi connectivity index (χ1) is 8.36. The summed E-state index contributed by atoms with van der Waals surface area (Å²) >= 11 is 0.499. The molecule has 0 aromatic heterocycles. The molecule has 3 nitrogen and oxygen atoms in total. The predicted molar refractivity (Wildman–Crippen MR) is 57.2 cm³/mol. The van der Waals surface area contributed by atoms with E-state index in [0.29, 0.717) is 16.8 Å². The van der Waals surface area contributed by atoms with Crippen molar-refractivity contribution >= 4 is 17.7 Å². The van der Waals surface area contributed by atoms with Crippen LogP contribution in [-0.4, -0.2) is 31.4 Å². The van der Waals surface area contributed by atoms with Crippen LogP contribution in [0.2, 0.25) is 0 Å². The van der Waals surface area contributed by atoms with E-state index in [1.54, 1.807) is 0 Å². The SMILES string of the molecule is CON(C)C(=O)c1c(F)c(F)c(SC)c(F)c1F. The van der Waals surface area contributed by atoms with Crippen LogP contribution in [-0.2, 0) is 4.84 Å². The van der Waals surface area contributed by atoms with E-state index in [4.69, 9.17) is 0 Å². The van der Waals surface area contributed by atoms with Gasteiger partial charge >= 0.3 is 0 Å². The summed E-state index contributed by atoms with van der Waals surface area (Å²) in [6, 6.07) is 0. The van der Waals surface area contributed by atoms with E-state index in [0.717, 1.165) is 14.2 Å². The first-order valence-corrected chi connectivity index (χ1v) is 5.81. The number of halogens is 4. The summed E-state index contributed by atoms with van der Waals surface area (Å²) in [5.41, 5.74) is -1.33. The fourth-order valence-electron chi connectivity index (χ4n) is 1.22. The van der Waals surface area contributed by atoms with Crippen LogP contribution in [0.4, 0.5) is 17.6 Å². The number of benzene rings is 1. The van der Waals surface area contributed by atoms with E-state index < -0.39 is 39.6 Å². The molecule has 0 unspecified atom stereocenters. The number of thioether (sulfide) groups is 1. The van der Waals surface area contributed by atoms with Gasteiger partial charge in [-0.15, -0.1) is 11.8 Å². The molecule has 0 N–H and O–H groups in total. The minimum absolute atomic E-state index is 0.457. The van der Waals surface area contributed by atoms with E-state index in [9.17, 15) is 22.4 Å². The summed E-state index contributed by atoms with van der Waals surface area (Å²) in [5, 5.41) is 0.457. The average Bonchev–Trinajstić information content (AvgIpc) is 2.36. The molecule has 0 spiro atoms. The van der Waals surface area contributed by atoms with Gasteiger partial charge in [-0.25, -0.2) is 22.6 Å². The van der Waals surface area contributed by atoms with E-state index in [1.807, 2.05) is 0 Å². The molecule has 8 heteroatoms. The number of nitrogens with zero attached hydrogens (tertiary/aromatic N) is 1. The number of carbonyl (C=O) groups is 1. The van der Waals surface area contributed by atoms with Crippen LogP contribution in [0.15, 0.2) is 4.90 Å². The molecular formula is C10H9F4NO2S. The molecule has 0 aliphatic rings. The summed E-state index contributed by atoms with van der Waals surface area (Å²) in [4.78, 5) is 15.1. The lowest BCUT2D eigenvalue weighted by Gasteiger charge is -2.16. The minimum Gasteiger partial charge on any atom is -0.274 e. The van der Waals surface area contributed by atoms with Gasteiger partial charge in [-0.05, 0) is 6.26 Å². The van der Waals surface area contributed by atoms with Crippen molar-refractivity contribution in [3.05, 3.63) is 28.8 Å². The van der Waals surface area contributed by atoms with Crippen molar-refractivity contribution in [2.24, 2.45) is 0 Å². The third-order valence-corrected chi connectivity index (χ3v) is 2.97. The summed E-state index contributed by atoms with van der Waals surface area (Å²) in [7, 11) is 2.12. The maximum atomic E-state index is 13.5. The monoisotopic (exact) mass is 283 g/mol. The van der Waals surface area contributed by atoms with Gasteiger partial charge in [0.1, 0.15) is 5.56 Å². The molecule has 18 heavy (non-hydrogen) atoms. The Bertz CT molecular complexity index is 466. The zero-order valence-corrected chi connectivity index (χ0v) is 10.5. The van der Waals surface area contributed by atoms with Crippen LogP contribution in [0.1, 0.15) is 10.4 Å². The summed E-state index contributed by atoms with van der Waals surface area (Å²) in [5.74, 6) is -8.01. The van der Waals surface area contributed by atoms with Gasteiger partial charge in [-0.3, -0.25) is 9.63 Å². The summed E-state index contributed by atoms with van der Waals surface area (Å²) < 4.78 is 53.9. The number of amides is 1. The normalized spacial score (nSPS) is 10.6. The molecule has 0 aliphatic heterocycles. The Kier molecular flexibility index (Phi) is 4.58. The second kappa shape index (κ2) is 5.57. The molecule has 0 fully saturated rings. The summed E-state index contributed by atoms with van der Waals surface area (Å²) in [6.45, 7) is 0. The number of carbonyl (C=O) groups excluding carboxylic acids is 1. The fourth-order valence-corrected chi connectivity index (χ4v) is 1.76. The smallest absolute Gasteiger partial charge is 0.274 e. The van der Waals surface area contributed by atoms with Gasteiger partial charge in [0.05, 0.1) is 12.0 Å². The average molecular weight is 283 g/mol. The van der Waals surface area contributed by atoms with Crippen LogP contribution in [0, 0.1) is 23.3 Å². The van der Waals surface area contributed by atoms with Crippen LogP contribution < -0.4 is 0 Å². The van der Waals surface area contributed by atoms with Gasteiger partial charge in [0.2, 0.25) is 0 Å². The minimum atomic E-state index is -1.74. The maximum Gasteiger partial charge on any atom is 0.283 e. The molecule has 100 valence electrons. The zero-order valence-electron chi connectivity index (χ0n) is 9.68. The van der Waals surface area contributed by atoms with E-state index in [1.165, 1.54) is 6.26 Å². The van der Waals surface area contributed by atoms with Crippen molar-refractivity contribution in [3.63, 3.8) is 0 Å². The van der Waals surface area contributed by atoms with Crippen molar-refractivity contribution in [1.29, 1.82) is 0 Å². The Labute approximate surface area is 105 Å². The maximum absolute atomic E-state index is 13.5. The molecule has 1 aromatic rings. The third kappa shape index (κ3) is 2.30. The van der Waals surface area contributed by atoms with E-state index in [-0.39, 0.29) is 0 Å². The Balaban J connectivity index is 3.52. The molecule has 0 saturated carbocycles. The highest BCUT2D eigenvalue weighted by Crippen LogP contribution is 2.30. The molecule has 1 amide bonds. The fraction of sp³-hybridized carbons (Fsp3) is 0.300. The third-order valence-electron chi connectivity index (χ3n) is 2.20. The van der Waals surface area contributed by atoms with Crippen molar-refractivity contribution in [2.45, 2.75) is 4.90 Å². The lowest BCUT2D eigenvalue weighted by atomic mass is 10.1. The summed E-state index contributed by atoms with van der Waals surface area (Å²) in [6.07, 6.45) is 1.25. The molecule has 0 radical (unpaired) electrons. The second-order valence-electron chi connectivity index (χ2n) is 3.15. The highest BCUT2D eigenvalue weighted by Gasteiger charge is 2.30. The van der Waals surface area contributed by atoms with Gasteiger partial charge in [-0.1, -0.05) is 0 Å². The van der Waals surface area contributed by atoms with Crippen molar-refractivity contribution in [2.75, 3.05) is 20.4 Å². The van der Waals surface area contributed by atoms with Crippen LogP contribution in [0.25, 0.3) is 0 Å². The lowest BCUT2D eigenvalue weighted by molar-refractivity contribution is -0.0763. The highest BCUT2D eigenvalue weighted by atomic mass is 32.2. The van der Waals surface area contributed by atoms with Gasteiger partial charge < -0.3 is 0 Å². The Morgan fingerprint density at radius 2 is 1.56 bits per heavy atom. The van der Waals surface area contributed by atoms with Crippen LogP contribution in [0.5, 0.6) is 0 Å². The first-order valence-electron chi connectivity index (χ1n) is 4.58. The molecular weight excluding hydrogens is 274 g/mol. The predicted octanol–water partition coefficient (Wildman–Crippen LogP) is 2.60. The van der Waals surface area contributed by atoms with Crippen LogP contribution in [0.3, 0.4) is 0 Å². The zero-order chi connectivity index (χ0) is 14.0. The Hall–Kier alpha value is -1.28. The van der Waals surface area contributed by atoms with Gasteiger partial charge in [0.15, 0.2) is 23.3 Å². The highest BCUT2D eigenvalue weighted by molar-refractivity contribution is 7.98. The second-order valence-corrected chi connectivity index (χ2v) is 3.97. The van der Waals surface area contributed by atoms with Crippen molar-refractivity contribution in [1.82, 2.24) is 5.06 Å². The van der Waals surface area contributed by atoms with E-state index >= 15 is 0 Å². The molecule has 1 rings (SSSR count). The number of hydroxylamine groups is 2. The van der Waals surface area contributed by atoms with Crippen molar-refractivity contribution in [3.8, 4) is 0 Å². The number of rotatable bonds is 3. The standard InChI is InChI=1S/C10H9F4NO2S/c1-15(17-2)10(16)4-5(11)7(13)9(18-3)8(14)6(4)12/h1-3H3. The number of hydrogen-bond donors (Lipinski definition) is 0. The van der Waals surface area contributed by atoms with Gasteiger partial charge in [-0.2, -0.15) is 0 Å². The van der Waals surface area contributed by atoms with Gasteiger partial charge in [0.25, 0.3) is 5.91 Å². The molecule has 1 aromatic carbocycles. The topological polar surface area (TPSA) is 29.5 Å². The largest absolute Gasteiger partial charge is 0.283 e. The molecule has 0 heterocycles. The molecule has 0 bridgehead atoms. The van der Waals surface area contributed by atoms with E-state index in [2.05, 4.69) is 4.84 Å². The Morgan fingerprint density at radius 3 is 1.89 bits per heavy atom. The molecule has 0 saturated heterocycles. The quantitative estimate of drug-likeness (QED) is 0.369. The Morgan fingerprint density at radius 1 is 1.11 bits per heavy atom. The van der Waals surface area contributed by atoms with Crippen molar-refractivity contribution < 1.29 is 27.2 Å². The lowest BCUT2D eigenvalue weighted by Crippen LogP contribution is -2.28. The molecule has 0 aliphatic carbocycles. The first kappa shape index (κ1) is 14.8. The van der Waals surface area contributed by atoms with Gasteiger partial charge in [0, 0.05) is 7.05 Å².